The van der Waals surface area contributed by atoms with Gasteiger partial charge in [-0.05, 0) is 49.7 Å². The van der Waals surface area contributed by atoms with Crippen molar-refractivity contribution in [2.45, 2.75) is 20.0 Å². The summed E-state index contributed by atoms with van der Waals surface area (Å²) in [5.41, 5.74) is 1.40. The number of hydrogen-bond acceptors (Lipinski definition) is 2. The van der Waals surface area contributed by atoms with Gasteiger partial charge in [-0.15, -0.1) is 0 Å². The Morgan fingerprint density at radius 1 is 1.15 bits per heavy atom. The van der Waals surface area contributed by atoms with Crippen molar-refractivity contribution in [1.29, 1.82) is 0 Å². The number of hydrogen-bond donors (Lipinski definition) is 1. The molecule has 0 aliphatic heterocycles. The van der Waals surface area contributed by atoms with Crippen LogP contribution in [0.4, 0.5) is 18.9 Å². The fourth-order valence-electron chi connectivity index (χ4n) is 2.50. The molecular weight excluding hydrogens is 423 g/mol. The maximum absolute atomic E-state index is 13.3. The first-order valence-electron chi connectivity index (χ1n) is 7.94. The Labute approximate surface area is 162 Å². The van der Waals surface area contributed by atoms with Crippen LogP contribution in [-0.4, -0.2) is 15.5 Å². The van der Waals surface area contributed by atoms with Crippen LogP contribution < -0.4 is 5.32 Å². The van der Waals surface area contributed by atoms with E-state index in [0.717, 1.165) is 22.2 Å². The number of amides is 1. The van der Waals surface area contributed by atoms with Crippen molar-refractivity contribution < 1.29 is 18.0 Å². The number of anilines is 1. The number of nitrogens with zero attached hydrogens (tertiary/aromatic N) is 2. The Morgan fingerprint density at radius 3 is 2.48 bits per heavy atom. The van der Waals surface area contributed by atoms with E-state index in [4.69, 9.17) is 0 Å². The molecule has 3 rings (SSSR count). The second-order valence-corrected chi connectivity index (χ2v) is 6.96. The van der Waals surface area contributed by atoms with Crippen molar-refractivity contribution in [3.63, 3.8) is 0 Å². The van der Waals surface area contributed by atoms with Crippen LogP contribution in [0, 0.1) is 13.8 Å². The molecule has 2 aromatic carbocycles. The average molecular weight is 438 g/mol. The Morgan fingerprint density at radius 2 is 1.89 bits per heavy atom. The van der Waals surface area contributed by atoms with E-state index in [0.29, 0.717) is 11.3 Å². The Hall–Kier alpha value is -2.61. The highest BCUT2D eigenvalue weighted by Crippen LogP contribution is 2.33. The molecule has 27 heavy (non-hydrogen) atoms. The molecule has 0 unspecified atom stereocenters. The number of imidazole rings is 1. The number of aryl methyl sites for hydroxylation is 2. The van der Waals surface area contributed by atoms with E-state index >= 15 is 0 Å². The lowest BCUT2D eigenvalue weighted by Crippen LogP contribution is -2.14. The maximum Gasteiger partial charge on any atom is 0.416 e. The van der Waals surface area contributed by atoms with Gasteiger partial charge in [0.2, 0.25) is 0 Å². The van der Waals surface area contributed by atoms with Crippen LogP contribution in [0.3, 0.4) is 0 Å². The van der Waals surface area contributed by atoms with E-state index in [2.05, 4.69) is 26.2 Å². The van der Waals surface area contributed by atoms with Crippen molar-refractivity contribution in [1.82, 2.24) is 9.55 Å². The summed E-state index contributed by atoms with van der Waals surface area (Å²) < 4.78 is 42.1. The molecule has 1 heterocycles. The molecule has 0 spiro atoms. The van der Waals surface area contributed by atoms with Crippen LogP contribution in [0.15, 0.2) is 53.4 Å². The van der Waals surface area contributed by atoms with E-state index in [1.807, 2.05) is 6.92 Å². The monoisotopic (exact) mass is 437 g/mol. The summed E-state index contributed by atoms with van der Waals surface area (Å²) in [6.45, 7) is 3.61. The number of benzene rings is 2. The first-order chi connectivity index (χ1) is 12.6. The Kier molecular flexibility index (Phi) is 5.10. The Bertz CT molecular complexity index is 1010. The number of carbonyl (C=O) groups excluding carboxylic acids is 1. The normalized spacial score (nSPS) is 11.5. The number of alkyl halides is 3. The minimum Gasteiger partial charge on any atom is -0.322 e. The molecule has 0 atom stereocenters. The third-order valence-corrected chi connectivity index (χ3v) is 4.80. The quantitative estimate of drug-likeness (QED) is 0.585. The summed E-state index contributed by atoms with van der Waals surface area (Å²) in [5, 5.41) is 2.54. The molecule has 3 aromatic rings. The van der Waals surface area contributed by atoms with Gasteiger partial charge in [-0.2, -0.15) is 13.2 Å². The number of aromatic nitrogens is 2. The van der Waals surface area contributed by atoms with Gasteiger partial charge < -0.3 is 9.88 Å². The standard InChI is InChI=1S/C19H15BrF3N3O/c1-11-3-4-13(5-17(11)20)18(27)25-15-6-14(19(21,22)23)7-16(8-15)26-9-12(2)24-10-26/h3-10H,1-2H3,(H,25,27). The highest BCUT2D eigenvalue weighted by Gasteiger charge is 2.31. The topological polar surface area (TPSA) is 46.9 Å². The smallest absolute Gasteiger partial charge is 0.322 e. The Balaban J connectivity index is 1.98. The van der Waals surface area contributed by atoms with Crippen LogP contribution >= 0.6 is 15.9 Å². The van der Waals surface area contributed by atoms with Gasteiger partial charge in [-0.1, -0.05) is 22.0 Å². The fourth-order valence-corrected chi connectivity index (χ4v) is 2.87. The van der Waals surface area contributed by atoms with Gasteiger partial charge in [-0.3, -0.25) is 4.79 Å². The summed E-state index contributed by atoms with van der Waals surface area (Å²) in [4.78, 5) is 16.5. The highest BCUT2D eigenvalue weighted by molar-refractivity contribution is 9.10. The zero-order chi connectivity index (χ0) is 19.8. The second-order valence-electron chi connectivity index (χ2n) is 6.11. The lowest BCUT2D eigenvalue weighted by atomic mass is 10.1. The third kappa shape index (κ3) is 4.39. The zero-order valence-corrected chi connectivity index (χ0v) is 16.0. The van der Waals surface area contributed by atoms with Crippen molar-refractivity contribution in [2.24, 2.45) is 0 Å². The van der Waals surface area contributed by atoms with Gasteiger partial charge in [0, 0.05) is 27.6 Å². The van der Waals surface area contributed by atoms with Crippen LogP contribution in [0.5, 0.6) is 0 Å². The number of halogens is 4. The predicted molar refractivity (Wildman–Crippen MR) is 100 cm³/mol. The molecule has 8 heteroatoms. The van der Waals surface area contributed by atoms with E-state index < -0.39 is 17.6 Å². The molecule has 1 N–H and O–H groups in total. The van der Waals surface area contributed by atoms with Crippen LogP contribution in [0.1, 0.15) is 27.2 Å². The number of rotatable bonds is 3. The minimum atomic E-state index is -4.54. The van der Waals surface area contributed by atoms with Gasteiger partial charge >= 0.3 is 6.18 Å². The average Bonchev–Trinajstić information content (AvgIpc) is 3.02. The second kappa shape index (κ2) is 7.19. The molecule has 0 bridgehead atoms. The molecule has 0 fully saturated rings. The highest BCUT2D eigenvalue weighted by atomic mass is 79.9. The molecule has 0 radical (unpaired) electrons. The maximum atomic E-state index is 13.3. The van der Waals surface area contributed by atoms with Crippen molar-refractivity contribution in [3.8, 4) is 5.69 Å². The van der Waals surface area contributed by atoms with Crippen LogP contribution in [-0.2, 0) is 6.18 Å². The molecule has 1 amide bonds. The first kappa shape index (κ1) is 19.2. The van der Waals surface area contributed by atoms with E-state index in [1.54, 1.807) is 31.3 Å². The molecule has 1 aromatic heterocycles. The van der Waals surface area contributed by atoms with Gasteiger partial charge in [0.05, 0.1) is 17.6 Å². The van der Waals surface area contributed by atoms with Crippen LogP contribution in [0.25, 0.3) is 5.69 Å². The van der Waals surface area contributed by atoms with Gasteiger partial charge in [-0.25, -0.2) is 4.98 Å². The first-order valence-corrected chi connectivity index (χ1v) is 8.73. The summed E-state index contributed by atoms with van der Waals surface area (Å²) in [6, 6.07) is 8.39. The molecule has 0 aliphatic rings. The molecule has 0 aliphatic carbocycles. The molecule has 4 nitrogen and oxygen atoms in total. The summed E-state index contributed by atoms with van der Waals surface area (Å²) in [5.74, 6) is -0.497. The molecule has 0 saturated heterocycles. The predicted octanol–water partition coefficient (Wildman–Crippen LogP) is 5.52. The van der Waals surface area contributed by atoms with Crippen molar-refractivity contribution >= 4 is 27.5 Å². The number of carbonyl (C=O) groups is 1. The van der Waals surface area contributed by atoms with Gasteiger partial charge in [0.25, 0.3) is 5.91 Å². The van der Waals surface area contributed by atoms with E-state index in [-0.39, 0.29) is 11.4 Å². The van der Waals surface area contributed by atoms with Gasteiger partial charge in [0.15, 0.2) is 0 Å². The van der Waals surface area contributed by atoms with E-state index in [1.165, 1.54) is 17.0 Å². The lowest BCUT2D eigenvalue weighted by Gasteiger charge is -2.14. The fraction of sp³-hybridized carbons (Fsp3) is 0.158. The zero-order valence-electron chi connectivity index (χ0n) is 14.4. The summed E-state index contributed by atoms with van der Waals surface area (Å²) >= 11 is 3.34. The number of nitrogens with one attached hydrogen (secondary N) is 1. The molecular formula is C19H15BrF3N3O. The molecule has 0 saturated carbocycles. The van der Waals surface area contributed by atoms with Gasteiger partial charge in [0.1, 0.15) is 0 Å². The lowest BCUT2D eigenvalue weighted by molar-refractivity contribution is -0.137. The van der Waals surface area contributed by atoms with Crippen molar-refractivity contribution in [3.05, 3.63) is 75.8 Å². The summed E-state index contributed by atoms with van der Waals surface area (Å²) in [6.07, 6.45) is -1.51. The third-order valence-electron chi connectivity index (χ3n) is 3.95. The largest absolute Gasteiger partial charge is 0.416 e. The van der Waals surface area contributed by atoms with E-state index in [9.17, 15) is 18.0 Å². The molecule has 140 valence electrons. The van der Waals surface area contributed by atoms with Crippen molar-refractivity contribution in [2.75, 3.05) is 5.32 Å². The van der Waals surface area contributed by atoms with Crippen LogP contribution in [0.2, 0.25) is 0 Å². The minimum absolute atomic E-state index is 0.0490. The summed E-state index contributed by atoms with van der Waals surface area (Å²) in [7, 11) is 0. The SMILES string of the molecule is Cc1cn(-c2cc(NC(=O)c3ccc(C)c(Br)c3)cc(C(F)(F)F)c2)cn1.